The van der Waals surface area contributed by atoms with Crippen LogP contribution < -0.4 is 0 Å². The Balaban J connectivity index is 1.89. The maximum Gasteiger partial charge on any atom is 0.209 e. The highest BCUT2D eigenvalue weighted by Gasteiger charge is 2.19. The Hall–Kier alpha value is -1.44. The van der Waals surface area contributed by atoms with Crippen LogP contribution >= 0.6 is 0 Å². The van der Waals surface area contributed by atoms with Gasteiger partial charge in [0.15, 0.2) is 5.78 Å². The predicted molar refractivity (Wildman–Crippen MR) is 124 cm³/mol. The number of benzene rings is 1. The maximum atomic E-state index is 12.3. The molecule has 163 valence electrons. The van der Waals surface area contributed by atoms with E-state index in [0.29, 0.717) is 12.0 Å². The van der Waals surface area contributed by atoms with Gasteiger partial charge in [-0.2, -0.15) is 0 Å². The van der Waals surface area contributed by atoms with Crippen molar-refractivity contribution >= 4 is 12.1 Å². The van der Waals surface area contributed by atoms with Crippen LogP contribution in [0, 0.1) is 5.92 Å². The topological polar surface area (TPSA) is 34.1 Å². The lowest BCUT2D eigenvalue weighted by atomic mass is 9.93. The molecule has 29 heavy (non-hydrogen) atoms. The molecule has 0 aliphatic heterocycles. The first-order valence-electron chi connectivity index (χ1n) is 12.3. The summed E-state index contributed by atoms with van der Waals surface area (Å²) < 4.78 is 0. The minimum atomic E-state index is -0.593. The molecule has 1 aromatic carbocycles. The molecule has 2 heteroatoms. The van der Waals surface area contributed by atoms with E-state index in [2.05, 4.69) is 6.92 Å². The first-order chi connectivity index (χ1) is 14.3. The summed E-state index contributed by atoms with van der Waals surface area (Å²) in [5.74, 6) is -0.675. The van der Waals surface area contributed by atoms with Crippen molar-refractivity contribution in [2.75, 3.05) is 0 Å². The Morgan fingerprint density at radius 2 is 1.10 bits per heavy atom. The summed E-state index contributed by atoms with van der Waals surface area (Å²) in [6.45, 7) is 2.27. The SMILES string of the molecule is CCCCCCCCCCCCCCCCCCC([C]=O)C(=O)c1ccccc1. The highest BCUT2D eigenvalue weighted by atomic mass is 16.1. The van der Waals surface area contributed by atoms with Crippen molar-refractivity contribution in [1.29, 1.82) is 0 Å². The van der Waals surface area contributed by atoms with Crippen LogP contribution in [0.3, 0.4) is 0 Å². The van der Waals surface area contributed by atoms with Gasteiger partial charge in [0, 0.05) is 5.56 Å². The molecule has 0 aliphatic carbocycles. The van der Waals surface area contributed by atoms with Gasteiger partial charge in [-0.3, -0.25) is 9.59 Å². The summed E-state index contributed by atoms with van der Waals surface area (Å²) >= 11 is 0. The van der Waals surface area contributed by atoms with E-state index in [1.807, 2.05) is 24.5 Å². The van der Waals surface area contributed by atoms with E-state index in [0.717, 1.165) is 12.8 Å². The van der Waals surface area contributed by atoms with Gasteiger partial charge in [-0.25, -0.2) is 0 Å². The Bertz CT molecular complexity index is 509. The van der Waals surface area contributed by atoms with Crippen molar-refractivity contribution in [2.24, 2.45) is 5.92 Å². The molecule has 1 radical (unpaired) electrons. The molecule has 0 bridgehead atoms. The van der Waals surface area contributed by atoms with Crippen molar-refractivity contribution in [3.8, 4) is 0 Å². The van der Waals surface area contributed by atoms with Crippen LogP contribution in [0.15, 0.2) is 30.3 Å². The second-order valence-electron chi connectivity index (χ2n) is 8.49. The van der Waals surface area contributed by atoms with E-state index in [1.54, 1.807) is 12.1 Å². The van der Waals surface area contributed by atoms with Gasteiger partial charge in [0.25, 0.3) is 0 Å². The number of unbranched alkanes of at least 4 members (excludes halogenated alkanes) is 15. The number of carbonyl (C=O) groups is 1. The van der Waals surface area contributed by atoms with Gasteiger partial charge < -0.3 is 0 Å². The van der Waals surface area contributed by atoms with Crippen LogP contribution in [-0.4, -0.2) is 12.1 Å². The van der Waals surface area contributed by atoms with Gasteiger partial charge in [0.1, 0.15) is 0 Å². The van der Waals surface area contributed by atoms with Gasteiger partial charge in [0.05, 0.1) is 5.92 Å². The molecule has 0 aliphatic rings. The lowest BCUT2D eigenvalue weighted by Gasteiger charge is -2.08. The zero-order chi connectivity index (χ0) is 21.0. The molecule has 1 aromatic rings. The lowest BCUT2D eigenvalue weighted by Crippen LogP contribution is -2.16. The first kappa shape index (κ1) is 25.6. The molecule has 0 spiro atoms. The first-order valence-corrected chi connectivity index (χ1v) is 12.3. The van der Waals surface area contributed by atoms with E-state index < -0.39 is 5.92 Å². The second-order valence-corrected chi connectivity index (χ2v) is 8.49. The van der Waals surface area contributed by atoms with Gasteiger partial charge in [-0.15, -0.1) is 0 Å². The van der Waals surface area contributed by atoms with E-state index in [-0.39, 0.29) is 5.78 Å². The standard InChI is InChI=1S/C27H43O2/c1-2-3-4-5-6-7-8-9-10-11-12-13-14-15-16-18-23-26(24-28)27(29)25-21-19-17-20-22-25/h17,19-22,26H,2-16,18,23H2,1H3. The monoisotopic (exact) mass is 399 g/mol. The minimum Gasteiger partial charge on any atom is -0.293 e. The fourth-order valence-electron chi connectivity index (χ4n) is 3.94. The van der Waals surface area contributed by atoms with Crippen molar-refractivity contribution < 1.29 is 9.59 Å². The van der Waals surface area contributed by atoms with E-state index in [1.165, 1.54) is 89.9 Å². The molecular formula is C27H43O2. The number of rotatable bonds is 20. The van der Waals surface area contributed by atoms with Crippen LogP contribution in [0.4, 0.5) is 0 Å². The molecule has 1 rings (SSSR count). The molecular weight excluding hydrogens is 356 g/mol. The fraction of sp³-hybridized carbons (Fsp3) is 0.704. The highest BCUT2D eigenvalue weighted by Crippen LogP contribution is 2.17. The van der Waals surface area contributed by atoms with Crippen LogP contribution in [0.25, 0.3) is 0 Å². The van der Waals surface area contributed by atoms with Crippen LogP contribution in [-0.2, 0) is 4.79 Å². The minimum absolute atomic E-state index is 0.0819. The van der Waals surface area contributed by atoms with Gasteiger partial charge in [-0.1, -0.05) is 140 Å². The third-order valence-corrected chi connectivity index (χ3v) is 5.86. The average molecular weight is 400 g/mol. The van der Waals surface area contributed by atoms with Crippen LogP contribution in [0.5, 0.6) is 0 Å². The fourth-order valence-corrected chi connectivity index (χ4v) is 3.94. The molecule has 2 nitrogen and oxygen atoms in total. The molecule has 1 unspecified atom stereocenters. The maximum absolute atomic E-state index is 12.3. The number of Topliss-reactive ketones (excluding diaryl/α,β-unsaturated/α-hetero) is 1. The van der Waals surface area contributed by atoms with Crippen LogP contribution in [0.2, 0.25) is 0 Å². The third kappa shape index (κ3) is 13.4. The Labute approximate surface area is 179 Å². The predicted octanol–water partition coefficient (Wildman–Crippen LogP) is 8.25. The van der Waals surface area contributed by atoms with Crippen molar-refractivity contribution in [2.45, 2.75) is 116 Å². The lowest BCUT2D eigenvalue weighted by molar-refractivity contribution is 0.0947. The van der Waals surface area contributed by atoms with Crippen LogP contribution in [0.1, 0.15) is 126 Å². The number of ketones is 1. The van der Waals surface area contributed by atoms with Gasteiger partial charge in [0.2, 0.25) is 6.29 Å². The summed E-state index contributed by atoms with van der Waals surface area (Å²) in [6.07, 6.45) is 23.9. The van der Waals surface area contributed by atoms with Crippen molar-refractivity contribution in [3.05, 3.63) is 35.9 Å². The number of hydrogen-bond acceptors (Lipinski definition) is 2. The zero-order valence-electron chi connectivity index (χ0n) is 18.8. The summed E-state index contributed by atoms with van der Waals surface area (Å²) in [4.78, 5) is 23.5. The smallest absolute Gasteiger partial charge is 0.209 e. The summed E-state index contributed by atoms with van der Waals surface area (Å²) in [7, 11) is 0. The number of carbonyl (C=O) groups excluding carboxylic acids is 2. The Morgan fingerprint density at radius 3 is 1.52 bits per heavy atom. The third-order valence-electron chi connectivity index (χ3n) is 5.86. The molecule has 0 N–H and O–H groups in total. The molecule has 0 saturated carbocycles. The van der Waals surface area contributed by atoms with Gasteiger partial charge in [-0.05, 0) is 6.42 Å². The second kappa shape index (κ2) is 18.6. The molecule has 0 aromatic heterocycles. The molecule has 0 fully saturated rings. The number of hydrogen-bond donors (Lipinski definition) is 0. The summed E-state index contributed by atoms with van der Waals surface area (Å²) in [5.41, 5.74) is 0.623. The Kier molecular flexibility index (Phi) is 16.4. The molecule has 0 amide bonds. The largest absolute Gasteiger partial charge is 0.293 e. The highest BCUT2D eigenvalue weighted by molar-refractivity contribution is 6.05. The normalized spacial score (nSPS) is 12.0. The van der Waals surface area contributed by atoms with E-state index in [4.69, 9.17) is 0 Å². The molecule has 1 atom stereocenters. The Morgan fingerprint density at radius 1 is 0.690 bits per heavy atom. The molecule has 0 heterocycles. The average Bonchev–Trinajstić information content (AvgIpc) is 2.76. The van der Waals surface area contributed by atoms with Crippen molar-refractivity contribution in [1.82, 2.24) is 0 Å². The molecule has 0 saturated heterocycles. The summed E-state index contributed by atoms with van der Waals surface area (Å²) in [6, 6.07) is 9.11. The van der Waals surface area contributed by atoms with E-state index >= 15 is 0 Å². The van der Waals surface area contributed by atoms with Crippen molar-refractivity contribution in [3.63, 3.8) is 0 Å². The van der Waals surface area contributed by atoms with Gasteiger partial charge >= 0.3 is 0 Å². The quantitative estimate of drug-likeness (QED) is 0.126. The summed E-state index contributed by atoms with van der Waals surface area (Å²) in [5, 5.41) is 0. The van der Waals surface area contributed by atoms with E-state index in [9.17, 15) is 9.59 Å². The zero-order valence-corrected chi connectivity index (χ0v) is 18.8.